The number of aliphatic carboxylic acids is 1. The molecule has 2 aromatic rings. The minimum atomic E-state index is -1.98. The van der Waals surface area contributed by atoms with Crippen LogP contribution >= 0.6 is 0 Å². The molecule has 0 radical (unpaired) electrons. The average molecular weight is 737 g/mol. The topological polar surface area (TPSA) is 91.3 Å². The first-order chi connectivity index (χ1) is 24.9. The Kier molecular flexibility index (Phi) is 16.9. The van der Waals surface area contributed by atoms with Gasteiger partial charge in [0.2, 0.25) is 0 Å². The van der Waals surface area contributed by atoms with Crippen LogP contribution in [-0.4, -0.2) is 56.6 Å². The summed E-state index contributed by atoms with van der Waals surface area (Å²) in [4.78, 5) is 24.9. The van der Waals surface area contributed by atoms with Gasteiger partial charge in [0.25, 0.3) is 0 Å². The number of carbonyl (C=O) groups is 2. The Balaban J connectivity index is 1.55. The van der Waals surface area contributed by atoms with Gasteiger partial charge in [-0.2, -0.15) is 0 Å². The fourth-order valence-electron chi connectivity index (χ4n) is 7.74. The van der Waals surface area contributed by atoms with Gasteiger partial charge in [-0.15, -0.1) is 0 Å². The van der Waals surface area contributed by atoms with Crippen molar-refractivity contribution in [2.75, 3.05) is 6.61 Å². The molecule has 1 saturated heterocycles. The highest BCUT2D eigenvalue weighted by atomic mass is 28.4. The lowest BCUT2D eigenvalue weighted by Gasteiger charge is -2.40. The van der Waals surface area contributed by atoms with E-state index in [9.17, 15) is 9.59 Å². The van der Waals surface area contributed by atoms with Crippen LogP contribution in [0.15, 0.2) is 54.6 Å². The molecule has 1 saturated carbocycles. The van der Waals surface area contributed by atoms with E-state index in [0.717, 1.165) is 81.9 Å². The Hall–Kier alpha value is -2.52. The van der Waals surface area contributed by atoms with Gasteiger partial charge in [0.1, 0.15) is 6.10 Å². The van der Waals surface area contributed by atoms with Gasteiger partial charge < -0.3 is 23.7 Å². The van der Waals surface area contributed by atoms with Crippen molar-refractivity contribution in [1.82, 2.24) is 0 Å². The molecule has 0 bridgehead atoms. The molecule has 2 aliphatic rings. The maximum Gasteiger partial charge on any atom is 0.338 e. The molecule has 4 rings (SSSR count). The molecule has 0 amide bonds. The SMILES string of the molecule is CCCCC[C@@H](CC[C@H]1C(OC2CCCCO2)C[C@H](OC(=O)c2ccc(-c3ccccc3)cc2)[C@@H]1CCCCCCC(=O)O)O[Si](C)(C)C(C)(C)C. The first-order valence-corrected chi connectivity index (χ1v) is 23.3. The monoisotopic (exact) mass is 736 g/mol. The molecule has 7 nitrogen and oxygen atoms in total. The zero-order chi connectivity index (χ0) is 37.6. The summed E-state index contributed by atoms with van der Waals surface area (Å²) in [6, 6.07) is 17.9. The van der Waals surface area contributed by atoms with E-state index in [1.165, 1.54) is 19.3 Å². The Morgan fingerprint density at radius 1 is 0.846 bits per heavy atom. The smallest absolute Gasteiger partial charge is 0.338 e. The van der Waals surface area contributed by atoms with E-state index in [4.69, 9.17) is 23.7 Å². The van der Waals surface area contributed by atoms with E-state index >= 15 is 0 Å². The second-order valence-electron chi connectivity index (χ2n) is 16.8. The number of esters is 1. The second-order valence-corrected chi connectivity index (χ2v) is 21.6. The quantitative estimate of drug-likeness (QED) is 0.0775. The van der Waals surface area contributed by atoms with Gasteiger partial charge in [0.05, 0.1) is 11.7 Å². The van der Waals surface area contributed by atoms with Crippen molar-refractivity contribution in [2.24, 2.45) is 11.8 Å². The number of unbranched alkanes of at least 4 members (excludes halogenated alkanes) is 5. The molecular weight excluding hydrogens is 669 g/mol. The maximum atomic E-state index is 13.8. The summed E-state index contributed by atoms with van der Waals surface area (Å²) in [6.07, 6.45) is 14.5. The van der Waals surface area contributed by atoms with E-state index in [2.05, 4.69) is 52.9 Å². The molecule has 1 aliphatic carbocycles. The third kappa shape index (κ3) is 13.1. The lowest BCUT2D eigenvalue weighted by molar-refractivity contribution is -0.196. The van der Waals surface area contributed by atoms with Crippen molar-refractivity contribution in [1.29, 1.82) is 0 Å². The van der Waals surface area contributed by atoms with Crippen LogP contribution < -0.4 is 0 Å². The lowest BCUT2D eigenvalue weighted by atomic mass is 9.84. The van der Waals surface area contributed by atoms with Crippen LogP contribution in [0.4, 0.5) is 0 Å². The van der Waals surface area contributed by atoms with Crippen LogP contribution in [0.25, 0.3) is 11.1 Å². The highest BCUT2D eigenvalue weighted by molar-refractivity contribution is 6.74. The molecule has 6 atom stereocenters. The van der Waals surface area contributed by atoms with Crippen molar-refractivity contribution in [3.8, 4) is 11.1 Å². The largest absolute Gasteiger partial charge is 0.481 e. The number of hydrogen-bond donors (Lipinski definition) is 1. The van der Waals surface area contributed by atoms with Crippen LogP contribution in [0, 0.1) is 11.8 Å². The minimum Gasteiger partial charge on any atom is -0.481 e. The van der Waals surface area contributed by atoms with E-state index in [1.54, 1.807) is 0 Å². The molecule has 290 valence electrons. The summed E-state index contributed by atoms with van der Waals surface area (Å²) >= 11 is 0. The van der Waals surface area contributed by atoms with Crippen LogP contribution in [0.1, 0.15) is 141 Å². The van der Waals surface area contributed by atoms with Gasteiger partial charge in [-0.25, -0.2) is 4.79 Å². The first kappa shape index (κ1) is 42.2. The van der Waals surface area contributed by atoms with Crippen molar-refractivity contribution < 1.29 is 33.3 Å². The van der Waals surface area contributed by atoms with E-state index in [1.807, 2.05) is 42.5 Å². The number of carbonyl (C=O) groups excluding carboxylic acids is 1. The molecular formula is C44H68O7Si. The van der Waals surface area contributed by atoms with E-state index < -0.39 is 14.3 Å². The molecule has 2 aromatic carbocycles. The summed E-state index contributed by atoms with van der Waals surface area (Å²) in [7, 11) is -1.98. The van der Waals surface area contributed by atoms with Gasteiger partial charge in [-0.3, -0.25) is 4.79 Å². The Labute approximate surface area is 315 Å². The van der Waals surface area contributed by atoms with Crippen molar-refractivity contribution in [3.63, 3.8) is 0 Å². The number of hydrogen-bond acceptors (Lipinski definition) is 6. The molecule has 52 heavy (non-hydrogen) atoms. The number of rotatable bonds is 21. The molecule has 1 aliphatic heterocycles. The summed E-state index contributed by atoms with van der Waals surface area (Å²) in [5.74, 6) is -0.676. The molecule has 8 heteroatoms. The number of ether oxygens (including phenoxy) is 3. The normalized spacial score (nSPS) is 23.0. The third-order valence-electron chi connectivity index (χ3n) is 11.8. The average Bonchev–Trinajstić information content (AvgIpc) is 3.43. The van der Waals surface area contributed by atoms with Gasteiger partial charge >= 0.3 is 11.9 Å². The second kappa shape index (κ2) is 20.8. The molecule has 0 spiro atoms. The highest BCUT2D eigenvalue weighted by Crippen LogP contribution is 2.45. The van der Waals surface area contributed by atoms with Crippen molar-refractivity contribution in [2.45, 2.75) is 173 Å². The van der Waals surface area contributed by atoms with Crippen LogP contribution in [0.3, 0.4) is 0 Å². The number of carboxylic acid groups (broad SMARTS) is 1. The minimum absolute atomic E-state index is 0.0671. The highest BCUT2D eigenvalue weighted by Gasteiger charge is 2.47. The predicted molar refractivity (Wildman–Crippen MR) is 212 cm³/mol. The zero-order valence-corrected chi connectivity index (χ0v) is 34.1. The standard InChI is InChI=1S/C44H68O7Si/c1-7-8-12-21-36(51-52(5,6)44(2,3)4)29-30-38-37(22-15-9-10-16-23-41(45)46)40(32-39(38)49-42-24-17-18-31-48-42)50-43(47)35-27-25-34(26-28-35)33-19-13-11-14-20-33/h11,13-14,19-20,25-28,36-40,42H,7-10,12,15-18,21-24,29-32H2,1-6H3,(H,45,46)/t36-,37+,38+,39?,40-,42?/m0/s1. The van der Waals surface area contributed by atoms with Crippen molar-refractivity contribution >= 4 is 20.3 Å². The number of benzene rings is 2. The molecule has 2 fully saturated rings. The van der Waals surface area contributed by atoms with E-state index in [0.29, 0.717) is 18.4 Å². The Morgan fingerprint density at radius 3 is 2.19 bits per heavy atom. The zero-order valence-electron chi connectivity index (χ0n) is 33.1. The summed E-state index contributed by atoms with van der Waals surface area (Å²) < 4.78 is 26.5. The van der Waals surface area contributed by atoms with Gasteiger partial charge in [0.15, 0.2) is 14.6 Å². The maximum absolute atomic E-state index is 13.8. The number of carboxylic acids is 1. The summed E-state index contributed by atoms with van der Waals surface area (Å²) in [6.45, 7) is 14.6. The fourth-order valence-corrected chi connectivity index (χ4v) is 9.16. The first-order valence-electron chi connectivity index (χ1n) is 20.4. The summed E-state index contributed by atoms with van der Waals surface area (Å²) in [5, 5.41) is 9.27. The van der Waals surface area contributed by atoms with Gasteiger partial charge in [0, 0.05) is 31.5 Å². The molecule has 1 N–H and O–H groups in total. The summed E-state index contributed by atoms with van der Waals surface area (Å²) in [5.41, 5.74) is 2.73. The van der Waals surface area contributed by atoms with Crippen LogP contribution in [-0.2, 0) is 23.4 Å². The molecule has 1 heterocycles. The van der Waals surface area contributed by atoms with Gasteiger partial charge in [-0.05, 0) is 98.7 Å². The fraction of sp³-hybridized carbons (Fsp3) is 0.682. The van der Waals surface area contributed by atoms with Crippen LogP contribution in [0.2, 0.25) is 18.1 Å². The lowest BCUT2D eigenvalue weighted by Crippen LogP contribution is -2.44. The Bertz CT molecular complexity index is 1330. The Morgan fingerprint density at radius 2 is 1.54 bits per heavy atom. The van der Waals surface area contributed by atoms with Crippen LogP contribution in [0.5, 0.6) is 0 Å². The molecule has 0 aromatic heterocycles. The van der Waals surface area contributed by atoms with E-state index in [-0.39, 0.29) is 53.9 Å². The molecule has 2 unspecified atom stereocenters. The predicted octanol–water partition coefficient (Wildman–Crippen LogP) is 11.6. The third-order valence-corrected chi connectivity index (χ3v) is 16.4. The van der Waals surface area contributed by atoms with Gasteiger partial charge in [-0.1, -0.05) is 109 Å². The van der Waals surface area contributed by atoms with Crippen molar-refractivity contribution in [3.05, 3.63) is 60.2 Å².